The molecule has 2 aliphatic heterocycles. The number of nitrogens with zero attached hydrogens (tertiary/aromatic N) is 2. The van der Waals surface area contributed by atoms with Crippen molar-refractivity contribution in [3.8, 4) is 0 Å². The quantitative estimate of drug-likeness (QED) is 0.313. The lowest BCUT2D eigenvalue weighted by Crippen LogP contribution is -2.29. The van der Waals surface area contributed by atoms with E-state index >= 15 is 0 Å². The lowest BCUT2D eigenvalue weighted by molar-refractivity contribution is 0.189. The molecule has 5 nitrogen and oxygen atoms in total. The van der Waals surface area contributed by atoms with Gasteiger partial charge in [-0.15, -0.1) is 0 Å². The van der Waals surface area contributed by atoms with Crippen molar-refractivity contribution in [1.29, 1.82) is 0 Å². The van der Waals surface area contributed by atoms with Crippen LogP contribution in [-0.4, -0.2) is 24.9 Å². The molecule has 0 bridgehead atoms. The third-order valence-corrected chi connectivity index (χ3v) is 6.76. The van der Waals surface area contributed by atoms with E-state index < -0.39 is 0 Å². The Labute approximate surface area is 217 Å². The molecule has 37 heavy (non-hydrogen) atoms. The summed E-state index contributed by atoms with van der Waals surface area (Å²) in [5.41, 5.74) is 4.53. The van der Waals surface area contributed by atoms with E-state index in [1.807, 2.05) is 72.8 Å². The highest BCUT2D eigenvalue weighted by Crippen LogP contribution is 2.41. The minimum absolute atomic E-state index is 0.0783. The van der Waals surface area contributed by atoms with E-state index in [4.69, 9.17) is 19.5 Å². The maximum Gasteiger partial charge on any atom is 0.199 e. The molecule has 6 rings (SSSR count). The Morgan fingerprint density at radius 3 is 1.14 bits per heavy atom. The van der Waals surface area contributed by atoms with Crippen molar-refractivity contribution in [2.75, 3.05) is 13.1 Å². The van der Waals surface area contributed by atoms with Gasteiger partial charge in [-0.25, -0.2) is 9.98 Å². The fourth-order valence-electron chi connectivity index (χ4n) is 4.96. The Morgan fingerprint density at radius 2 is 0.784 bits per heavy atom. The summed E-state index contributed by atoms with van der Waals surface area (Å²) in [6.07, 6.45) is -0.296. The van der Waals surface area contributed by atoms with Crippen molar-refractivity contribution in [2.45, 2.75) is 24.3 Å². The second kappa shape index (κ2) is 10.8. The van der Waals surface area contributed by atoms with Gasteiger partial charge in [-0.05, 0) is 22.3 Å². The number of ether oxygens (including phenoxy) is 2. The van der Waals surface area contributed by atoms with Crippen molar-refractivity contribution in [1.82, 2.24) is 5.32 Å². The van der Waals surface area contributed by atoms with Crippen molar-refractivity contribution in [3.63, 3.8) is 0 Å². The van der Waals surface area contributed by atoms with Crippen LogP contribution in [0.4, 0.5) is 0 Å². The van der Waals surface area contributed by atoms with E-state index in [0.717, 1.165) is 22.3 Å². The number of aliphatic imine (C=N–C) groups is 2. The van der Waals surface area contributed by atoms with Crippen molar-refractivity contribution >= 4 is 11.8 Å². The molecule has 0 saturated carbocycles. The first-order valence-corrected chi connectivity index (χ1v) is 12.7. The first kappa shape index (κ1) is 23.2. The lowest BCUT2D eigenvalue weighted by atomic mass is 9.97. The van der Waals surface area contributed by atoms with Gasteiger partial charge in [-0.2, -0.15) is 0 Å². The highest BCUT2D eigenvalue weighted by molar-refractivity contribution is 5.83. The Morgan fingerprint density at radius 1 is 0.459 bits per heavy atom. The minimum Gasteiger partial charge on any atom is -0.469 e. The minimum atomic E-state index is -0.148. The van der Waals surface area contributed by atoms with Gasteiger partial charge in [0, 0.05) is 0 Å². The van der Waals surface area contributed by atoms with E-state index in [1.54, 1.807) is 0 Å². The lowest BCUT2D eigenvalue weighted by Gasteiger charge is -2.19. The zero-order chi connectivity index (χ0) is 24.9. The van der Waals surface area contributed by atoms with Crippen molar-refractivity contribution in [2.24, 2.45) is 9.98 Å². The van der Waals surface area contributed by atoms with Gasteiger partial charge in [0.05, 0.1) is 13.1 Å². The monoisotopic (exact) mass is 487 g/mol. The predicted octanol–water partition coefficient (Wildman–Crippen LogP) is 6.40. The third kappa shape index (κ3) is 5.18. The zero-order valence-corrected chi connectivity index (χ0v) is 20.5. The smallest absolute Gasteiger partial charge is 0.199 e. The van der Waals surface area contributed by atoms with Crippen LogP contribution in [0.15, 0.2) is 131 Å². The second-order valence-corrected chi connectivity index (χ2v) is 9.26. The Kier molecular flexibility index (Phi) is 6.78. The molecule has 5 heteroatoms. The Bertz CT molecular complexity index is 1250. The van der Waals surface area contributed by atoms with Crippen molar-refractivity contribution in [3.05, 3.63) is 144 Å². The summed E-state index contributed by atoms with van der Waals surface area (Å²) in [5, 5.41) is 3.45. The largest absolute Gasteiger partial charge is 0.469 e. The summed E-state index contributed by atoms with van der Waals surface area (Å²) in [7, 11) is 0. The fraction of sp³-hybridized carbons (Fsp3) is 0.188. The van der Waals surface area contributed by atoms with Crippen LogP contribution >= 0.6 is 0 Å². The van der Waals surface area contributed by atoms with Gasteiger partial charge >= 0.3 is 0 Å². The van der Waals surface area contributed by atoms with Gasteiger partial charge < -0.3 is 14.8 Å². The van der Waals surface area contributed by atoms with Crippen LogP contribution in [0.5, 0.6) is 0 Å². The molecule has 0 aromatic heterocycles. The van der Waals surface area contributed by atoms with E-state index in [1.165, 1.54) is 0 Å². The summed E-state index contributed by atoms with van der Waals surface area (Å²) < 4.78 is 12.7. The van der Waals surface area contributed by atoms with E-state index in [9.17, 15) is 0 Å². The van der Waals surface area contributed by atoms with Gasteiger partial charge in [0.2, 0.25) is 0 Å². The summed E-state index contributed by atoms with van der Waals surface area (Å²) in [4.78, 5) is 9.91. The highest BCUT2D eigenvalue weighted by Gasteiger charge is 2.35. The molecule has 0 saturated heterocycles. The molecule has 0 aliphatic carbocycles. The molecule has 184 valence electrons. The van der Waals surface area contributed by atoms with Crippen LogP contribution in [-0.2, 0) is 9.47 Å². The molecule has 1 N–H and O–H groups in total. The average molecular weight is 488 g/mol. The van der Waals surface area contributed by atoms with E-state index in [0.29, 0.717) is 24.9 Å². The van der Waals surface area contributed by atoms with Gasteiger partial charge in [0.25, 0.3) is 0 Å². The Hall–Kier alpha value is -4.22. The predicted molar refractivity (Wildman–Crippen MR) is 147 cm³/mol. The van der Waals surface area contributed by atoms with Gasteiger partial charge in [0.15, 0.2) is 24.0 Å². The van der Waals surface area contributed by atoms with Gasteiger partial charge in [0.1, 0.15) is 12.1 Å². The molecular formula is C32H29N3O2. The number of rotatable bonds is 8. The third-order valence-electron chi connectivity index (χ3n) is 6.76. The molecule has 0 amide bonds. The molecule has 4 atom stereocenters. The maximum absolute atomic E-state index is 6.37. The first-order chi connectivity index (χ1) is 18.3. The number of hydrogen-bond donors (Lipinski definition) is 1. The molecule has 4 aromatic carbocycles. The topological polar surface area (TPSA) is 55.2 Å². The molecule has 0 fully saturated rings. The summed E-state index contributed by atoms with van der Waals surface area (Å²) in [6.45, 7) is 1.00. The molecule has 0 spiro atoms. The number of nitrogens with one attached hydrogen (secondary N) is 1. The maximum atomic E-state index is 6.37. The van der Waals surface area contributed by atoms with Gasteiger partial charge in [-0.3, -0.25) is 0 Å². The van der Waals surface area contributed by atoms with Crippen LogP contribution in [0.1, 0.15) is 46.5 Å². The molecule has 0 radical (unpaired) electrons. The zero-order valence-electron chi connectivity index (χ0n) is 20.5. The molecule has 4 aromatic rings. The van der Waals surface area contributed by atoms with Crippen LogP contribution < -0.4 is 5.32 Å². The summed E-state index contributed by atoms with van der Waals surface area (Å²) in [6, 6.07) is 41.1. The van der Waals surface area contributed by atoms with E-state index in [-0.39, 0.29) is 24.3 Å². The van der Waals surface area contributed by atoms with Crippen LogP contribution in [0, 0.1) is 0 Å². The molecule has 2 aliphatic rings. The van der Waals surface area contributed by atoms with Gasteiger partial charge in [-0.1, -0.05) is 121 Å². The second-order valence-electron chi connectivity index (χ2n) is 9.26. The molecule has 2 heterocycles. The standard InChI is InChI=1S/C32H29N3O2/c1-5-13-23(14-6-1)29-31(25-17-9-3-10-18-25)36-27(34-29)21-33-22-28-35-30(24-15-7-2-8-16-24)32(37-28)26-19-11-4-12-20-26/h1-20,29-33H,21-22H2/t29-,30+,31+,32-. The van der Waals surface area contributed by atoms with Crippen LogP contribution in [0.3, 0.4) is 0 Å². The first-order valence-electron chi connectivity index (χ1n) is 12.7. The van der Waals surface area contributed by atoms with Crippen LogP contribution in [0.25, 0.3) is 0 Å². The molecular weight excluding hydrogens is 458 g/mol. The average Bonchev–Trinajstić information content (AvgIpc) is 3.60. The Balaban J connectivity index is 1.15. The fourth-order valence-corrected chi connectivity index (χ4v) is 4.96. The SMILES string of the molecule is c1ccc([C@H]2N=C(CNCC3=N[C@@H](c4ccccc4)[C@@H](c4ccccc4)O3)O[C@H]2c2ccccc2)cc1. The highest BCUT2D eigenvalue weighted by atomic mass is 16.5. The van der Waals surface area contributed by atoms with E-state index in [2.05, 4.69) is 53.8 Å². The summed E-state index contributed by atoms with van der Waals surface area (Å²) in [5.74, 6) is 1.39. The number of hydrogen-bond acceptors (Lipinski definition) is 5. The van der Waals surface area contributed by atoms with Crippen LogP contribution in [0.2, 0.25) is 0 Å². The number of benzene rings is 4. The molecule has 0 unspecified atom stereocenters. The van der Waals surface area contributed by atoms with Crippen molar-refractivity contribution < 1.29 is 9.47 Å². The normalized spacial score (nSPS) is 22.6. The summed E-state index contributed by atoms with van der Waals surface area (Å²) >= 11 is 0.